The van der Waals surface area contributed by atoms with E-state index in [0.717, 1.165) is 24.5 Å². The minimum Gasteiger partial charge on any atom is -0.369 e. The van der Waals surface area contributed by atoms with Gasteiger partial charge in [-0.2, -0.15) is 0 Å². The molecule has 4 heteroatoms. The Bertz CT molecular complexity index is 685. The quantitative estimate of drug-likeness (QED) is 0.785. The van der Waals surface area contributed by atoms with E-state index in [0.29, 0.717) is 0 Å². The summed E-state index contributed by atoms with van der Waals surface area (Å²) in [5.41, 5.74) is 1.10. The van der Waals surface area contributed by atoms with Gasteiger partial charge < -0.3 is 5.32 Å². The lowest BCUT2D eigenvalue weighted by Crippen LogP contribution is -2.06. The monoisotopic (exact) mass is 269 g/mol. The molecule has 3 aromatic rings. The van der Waals surface area contributed by atoms with E-state index in [1.165, 1.54) is 15.8 Å². The van der Waals surface area contributed by atoms with Crippen molar-refractivity contribution in [2.75, 3.05) is 11.9 Å². The molecule has 0 atom stereocenters. The van der Waals surface area contributed by atoms with Gasteiger partial charge in [0.05, 0.1) is 5.01 Å². The van der Waals surface area contributed by atoms with Crippen LogP contribution in [-0.4, -0.2) is 16.5 Å². The first kappa shape index (κ1) is 12.1. The zero-order valence-corrected chi connectivity index (χ0v) is 11.6. The summed E-state index contributed by atoms with van der Waals surface area (Å²) in [7, 11) is 0. The zero-order chi connectivity index (χ0) is 13.1. The summed E-state index contributed by atoms with van der Waals surface area (Å²) in [6.07, 6.45) is 2.78. The van der Waals surface area contributed by atoms with Crippen molar-refractivity contribution >= 4 is 27.9 Å². The number of fused-ring (bicyclic) bond motifs is 1. The van der Waals surface area contributed by atoms with E-state index in [2.05, 4.69) is 32.8 Å². The number of nitrogens with one attached hydrogen (secondary N) is 1. The largest absolute Gasteiger partial charge is 0.369 e. The summed E-state index contributed by atoms with van der Waals surface area (Å²) in [5, 5.41) is 9.04. The fourth-order valence-electron chi connectivity index (χ4n) is 2.07. The van der Waals surface area contributed by atoms with Gasteiger partial charge in [0.2, 0.25) is 0 Å². The predicted molar refractivity (Wildman–Crippen MR) is 80.8 cm³/mol. The number of aryl methyl sites for hydroxylation is 1. The SMILES string of the molecule is Cc1csc(CCNc2nccc3ccccc23)n1. The maximum Gasteiger partial charge on any atom is 0.133 e. The van der Waals surface area contributed by atoms with E-state index < -0.39 is 0 Å². The molecule has 0 aliphatic carbocycles. The zero-order valence-electron chi connectivity index (χ0n) is 10.8. The smallest absolute Gasteiger partial charge is 0.133 e. The normalized spacial score (nSPS) is 10.8. The molecule has 0 spiro atoms. The summed E-state index contributed by atoms with van der Waals surface area (Å²) in [6.45, 7) is 2.88. The average molecular weight is 269 g/mol. The molecule has 0 unspecified atom stereocenters. The van der Waals surface area contributed by atoms with Gasteiger partial charge in [-0.1, -0.05) is 24.3 Å². The van der Waals surface area contributed by atoms with Crippen LogP contribution in [0.5, 0.6) is 0 Å². The highest BCUT2D eigenvalue weighted by atomic mass is 32.1. The molecule has 19 heavy (non-hydrogen) atoms. The van der Waals surface area contributed by atoms with Crippen LogP contribution in [0.25, 0.3) is 10.8 Å². The number of rotatable bonds is 4. The van der Waals surface area contributed by atoms with Crippen LogP contribution in [0.1, 0.15) is 10.7 Å². The van der Waals surface area contributed by atoms with Crippen LogP contribution >= 0.6 is 11.3 Å². The van der Waals surface area contributed by atoms with Gasteiger partial charge in [-0.25, -0.2) is 9.97 Å². The molecule has 0 saturated carbocycles. The Morgan fingerprint density at radius 2 is 2.11 bits per heavy atom. The van der Waals surface area contributed by atoms with Gasteiger partial charge in [-0.05, 0) is 18.4 Å². The van der Waals surface area contributed by atoms with E-state index in [4.69, 9.17) is 0 Å². The molecule has 3 nitrogen and oxygen atoms in total. The Labute approximate surface area is 116 Å². The lowest BCUT2D eigenvalue weighted by atomic mass is 10.1. The average Bonchev–Trinajstić information content (AvgIpc) is 2.85. The summed E-state index contributed by atoms with van der Waals surface area (Å²) in [6, 6.07) is 10.3. The van der Waals surface area contributed by atoms with Gasteiger partial charge >= 0.3 is 0 Å². The van der Waals surface area contributed by atoms with E-state index in [1.54, 1.807) is 11.3 Å². The van der Waals surface area contributed by atoms with Gasteiger partial charge in [-0.15, -0.1) is 11.3 Å². The number of hydrogen-bond acceptors (Lipinski definition) is 4. The number of thiazole rings is 1. The highest BCUT2D eigenvalue weighted by Crippen LogP contribution is 2.20. The predicted octanol–water partition coefficient (Wildman–Crippen LogP) is 3.65. The van der Waals surface area contributed by atoms with Crippen molar-refractivity contribution in [3.05, 3.63) is 52.6 Å². The molecule has 0 fully saturated rings. The first-order valence-electron chi connectivity index (χ1n) is 6.31. The molecule has 2 aromatic heterocycles. The van der Waals surface area contributed by atoms with Crippen molar-refractivity contribution in [1.82, 2.24) is 9.97 Å². The second-order valence-corrected chi connectivity index (χ2v) is 5.38. The van der Waals surface area contributed by atoms with Crippen molar-refractivity contribution in [1.29, 1.82) is 0 Å². The molecule has 1 aromatic carbocycles. The number of aromatic nitrogens is 2. The fourth-order valence-corrected chi connectivity index (χ4v) is 2.84. The third-order valence-electron chi connectivity index (χ3n) is 2.97. The van der Waals surface area contributed by atoms with Crippen LogP contribution in [0.3, 0.4) is 0 Å². The van der Waals surface area contributed by atoms with Gasteiger partial charge in [0.15, 0.2) is 0 Å². The maximum absolute atomic E-state index is 4.46. The van der Waals surface area contributed by atoms with Crippen LogP contribution in [0.2, 0.25) is 0 Å². The van der Waals surface area contributed by atoms with Crippen molar-refractivity contribution < 1.29 is 0 Å². The number of anilines is 1. The van der Waals surface area contributed by atoms with E-state index in [-0.39, 0.29) is 0 Å². The molecule has 0 aliphatic rings. The molecule has 0 radical (unpaired) electrons. The van der Waals surface area contributed by atoms with Crippen LogP contribution in [0, 0.1) is 6.92 Å². The van der Waals surface area contributed by atoms with E-state index in [1.807, 2.05) is 31.3 Å². The van der Waals surface area contributed by atoms with Gasteiger partial charge in [0.1, 0.15) is 5.82 Å². The Morgan fingerprint density at radius 1 is 1.21 bits per heavy atom. The third-order valence-corrected chi connectivity index (χ3v) is 4.00. The first-order valence-corrected chi connectivity index (χ1v) is 7.19. The van der Waals surface area contributed by atoms with Crippen molar-refractivity contribution in [3.63, 3.8) is 0 Å². The van der Waals surface area contributed by atoms with Crippen LogP contribution in [0.15, 0.2) is 41.9 Å². The molecule has 0 aliphatic heterocycles. The highest BCUT2D eigenvalue weighted by molar-refractivity contribution is 7.09. The number of hydrogen-bond donors (Lipinski definition) is 1. The van der Waals surface area contributed by atoms with E-state index in [9.17, 15) is 0 Å². The summed E-state index contributed by atoms with van der Waals surface area (Å²) in [4.78, 5) is 8.88. The Balaban J connectivity index is 1.71. The van der Waals surface area contributed by atoms with E-state index >= 15 is 0 Å². The topological polar surface area (TPSA) is 37.8 Å². The van der Waals surface area contributed by atoms with Crippen LogP contribution < -0.4 is 5.32 Å². The van der Waals surface area contributed by atoms with Gasteiger partial charge in [0, 0.05) is 35.6 Å². The summed E-state index contributed by atoms with van der Waals surface area (Å²) >= 11 is 1.72. The number of pyridine rings is 1. The molecule has 0 bridgehead atoms. The Hall–Kier alpha value is -1.94. The minimum atomic E-state index is 0.855. The molecular weight excluding hydrogens is 254 g/mol. The molecule has 3 rings (SSSR count). The minimum absolute atomic E-state index is 0.855. The Kier molecular flexibility index (Phi) is 3.42. The lowest BCUT2D eigenvalue weighted by molar-refractivity contribution is 0.980. The standard InChI is InChI=1S/C15H15N3S/c1-11-10-19-14(18-11)7-9-17-15-13-5-3-2-4-12(13)6-8-16-15/h2-6,8,10H,7,9H2,1H3,(H,16,17). The first-order chi connectivity index (χ1) is 9.33. The molecule has 1 N–H and O–H groups in total. The van der Waals surface area contributed by atoms with Crippen molar-refractivity contribution in [2.24, 2.45) is 0 Å². The van der Waals surface area contributed by atoms with Crippen LogP contribution in [-0.2, 0) is 6.42 Å². The molecular formula is C15H15N3S. The fraction of sp³-hybridized carbons (Fsp3) is 0.200. The second kappa shape index (κ2) is 5.36. The summed E-state index contributed by atoms with van der Waals surface area (Å²) < 4.78 is 0. The van der Waals surface area contributed by atoms with Crippen LogP contribution in [0.4, 0.5) is 5.82 Å². The Morgan fingerprint density at radius 3 is 2.95 bits per heavy atom. The molecule has 0 amide bonds. The van der Waals surface area contributed by atoms with Gasteiger partial charge in [0.25, 0.3) is 0 Å². The number of benzene rings is 1. The maximum atomic E-state index is 4.46. The molecule has 2 heterocycles. The lowest BCUT2D eigenvalue weighted by Gasteiger charge is -2.07. The van der Waals surface area contributed by atoms with Crippen molar-refractivity contribution in [3.8, 4) is 0 Å². The van der Waals surface area contributed by atoms with Gasteiger partial charge in [-0.3, -0.25) is 0 Å². The highest BCUT2D eigenvalue weighted by Gasteiger charge is 2.02. The second-order valence-electron chi connectivity index (χ2n) is 4.44. The molecule has 96 valence electrons. The molecule has 0 saturated heterocycles. The summed E-state index contributed by atoms with van der Waals surface area (Å²) in [5.74, 6) is 0.950. The van der Waals surface area contributed by atoms with Crippen molar-refractivity contribution in [2.45, 2.75) is 13.3 Å². The number of nitrogens with zero attached hydrogens (tertiary/aromatic N) is 2. The third kappa shape index (κ3) is 2.74.